The van der Waals surface area contributed by atoms with Gasteiger partial charge in [-0.25, -0.2) is 0 Å². The van der Waals surface area contributed by atoms with Crippen LogP contribution >= 0.6 is 0 Å². The van der Waals surface area contributed by atoms with E-state index in [2.05, 4.69) is 0 Å². The lowest BCUT2D eigenvalue weighted by molar-refractivity contribution is -0.145. The smallest absolute Gasteiger partial charge is 0.323 e. The largest absolute Gasteiger partial charge is 0.480 e. The number of carboxylic acid groups (broad SMARTS) is 1. The third-order valence-electron chi connectivity index (χ3n) is 3.86. The molecule has 132 valence electrons. The first-order valence-corrected chi connectivity index (χ1v) is 7.79. The Hall–Kier alpha value is -1.67. The zero-order chi connectivity index (χ0) is 17.2. The average molecular weight is 330 g/mol. The molecule has 0 saturated carbocycles. The quantitative estimate of drug-likeness (QED) is 0.628. The van der Waals surface area contributed by atoms with Crippen molar-refractivity contribution in [1.29, 1.82) is 0 Å². The normalized spacial score (nSPS) is 18.3. The lowest BCUT2D eigenvalue weighted by Gasteiger charge is -2.28. The van der Waals surface area contributed by atoms with Crippen LogP contribution in [0.5, 0.6) is 0 Å². The third kappa shape index (κ3) is 6.96. The number of amides is 2. The Morgan fingerprint density at radius 1 is 1.22 bits per heavy atom. The molecule has 8 nitrogen and oxygen atoms in total. The first kappa shape index (κ1) is 19.4. The lowest BCUT2D eigenvalue weighted by Crippen LogP contribution is -2.43. The van der Waals surface area contributed by atoms with Crippen LogP contribution in [0.4, 0.5) is 0 Å². The molecule has 1 N–H and O–H groups in total. The van der Waals surface area contributed by atoms with Gasteiger partial charge in [0.2, 0.25) is 11.8 Å². The summed E-state index contributed by atoms with van der Waals surface area (Å²) in [6.07, 6.45) is 2.01. The molecule has 0 radical (unpaired) electrons. The summed E-state index contributed by atoms with van der Waals surface area (Å²) in [6.45, 7) is 3.00. The Morgan fingerprint density at radius 3 is 2.57 bits per heavy atom. The van der Waals surface area contributed by atoms with E-state index in [1.165, 1.54) is 11.8 Å². The van der Waals surface area contributed by atoms with Crippen LogP contribution in [-0.2, 0) is 23.9 Å². The number of hydrogen-bond acceptors (Lipinski definition) is 5. The highest BCUT2D eigenvalue weighted by atomic mass is 16.5. The van der Waals surface area contributed by atoms with Crippen molar-refractivity contribution in [2.24, 2.45) is 0 Å². The maximum absolute atomic E-state index is 12.1. The van der Waals surface area contributed by atoms with Gasteiger partial charge < -0.3 is 24.4 Å². The predicted molar refractivity (Wildman–Crippen MR) is 81.9 cm³/mol. The molecule has 0 spiro atoms. The Labute approximate surface area is 136 Å². The molecule has 0 bridgehead atoms. The second kappa shape index (κ2) is 10.2. The van der Waals surface area contributed by atoms with E-state index >= 15 is 0 Å². The second-order valence-electron chi connectivity index (χ2n) is 5.55. The van der Waals surface area contributed by atoms with Crippen molar-refractivity contribution in [3.8, 4) is 0 Å². The van der Waals surface area contributed by atoms with Crippen LogP contribution in [0.2, 0.25) is 0 Å². The van der Waals surface area contributed by atoms with E-state index in [0.29, 0.717) is 39.1 Å². The number of carbonyl (C=O) groups is 3. The maximum atomic E-state index is 12.1. The van der Waals surface area contributed by atoms with Gasteiger partial charge in [0.1, 0.15) is 13.2 Å². The minimum atomic E-state index is -1.02. The van der Waals surface area contributed by atoms with E-state index in [0.717, 1.165) is 6.42 Å². The molecule has 1 heterocycles. The maximum Gasteiger partial charge on any atom is 0.323 e. The molecule has 1 unspecified atom stereocenters. The van der Waals surface area contributed by atoms with Gasteiger partial charge in [-0.05, 0) is 19.3 Å². The molecular formula is C15H26N2O6. The van der Waals surface area contributed by atoms with Crippen LogP contribution < -0.4 is 0 Å². The first-order valence-electron chi connectivity index (χ1n) is 7.79. The van der Waals surface area contributed by atoms with Crippen LogP contribution in [0, 0.1) is 0 Å². The van der Waals surface area contributed by atoms with Gasteiger partial charge in [0.25, 0.3) is 0 Å². The third-order valence-corrected chi connectivity index (χ3v) is 3.86. The van der Waals surface area contributed by atoms with Gasteiger partial charge in [-0.2, -0.15) is 0 Å². The number of methoxy groups -OCH3 is 1. The zero-order valence-corrected chi connectivity index (χ0v) is 13.8. The van der Waals surface area contributed by atoms with Crippen LogP contribution in [-0.4, -0.2) is 85.3 Å². The van der Waals surface area contributed by atoms with Crippen molar-refractivity contribution in [1.82, 2.24) is 9.80 Å². The molecular weight excluding hydrogens is 304 g/mol. The molecule has 0 aromatic rings. The fourth-order valence-electron chi connectivity index (χ4n) is 2.68. The SMILES string of the molecule is COCCOCC(=O)N1CCCC(N(CC(=O)O)C(C)=O)CC1. The predicted octanol–water partition coefficient (Wildman–Crippen LogP) is -0.0364. The topological polar surface area (TPSA) is 96.4 Å². The lowest BCUT2D eigenvalue weighted by atomic mass is 10.1. The summed E-state index contributed by atoms with van der Waals surface area (Å²) in [5.41, 5.74) is 0. The van der Waals surface area contributed by atoms with Crippen molar-refractivity contribution in [3.63, 3.8) is 0 Å². The highest BCUT2D eigenvalue weighted by Crippen LogP contribution is 2.17. The van der Waals surface area contributed by atoms with Crippen LogP contribution in [0.15, 0.2) is 0 Å². The van der Waals surface area contributed by atoms with E-state index in [1.807, 2.05) is 0 Å². The molecule has 0 aliphatic carbocycles. The van der Waals surface area contributed by atoms with Gasteiger partial charge in [-0.3, -0.25) is 14.4 Å². The van der Waals surface area contributed by atoms with Gasteiger partial charge in [0.15, 0.2) is 0 Å². The average Bonchev–Trinajstić information content (AvgIpc) is 2.74. The molecule has 0 aromatic carbocycles. The fraction of sp³-hybridized carbons (Fsp3) is 0.800. The Kier molecular flexibility index (Phi) is 8.57. The zero-order valence-electron chi connectivity index (χ0n) is 13.8. The van der Waals surface area contributed by atoms with E-state index in [-0.39, 0.29) is 31.0 Å². The van der Waals surface area contributed by atoms with Crippen LogP contribution in [0.25, 0.3) is 0 Å². The molecule has 1 saturated heterocycles. The van der Waals surface area contributed by atoms with Gasteiger partial charge in [0.05, 0.1) is 13.2 Å². The van der Waals surface area contributed by atoms with Gasteiger partial charge >= 0.3 is 5.97 Å². The van der Waals surface area contributed by atoms with Crippen LogP contribution in [0.3, 0.4) is 0 Å². The van der Waals surface area contributed by atoms with Crippen molar-refractivity contribution >= 4 is 17.8 Å². The van der Waals surface area contributed by atoms with Crippen molar-refractivity contribution in [2.75, 3.05) is 46.6 Å². The van der Waals surface area contributed by atoms with Gasteiger partial charge in [0, 0.05) is 33.2 Å². The number of hydrogen-bond donors (Lipinski definition) is 1. The van der Waals surface area contributed by atoms with Crippen molar-refractivity contribution in [3.05, 3.63) is 0 Å². The van der Waals surface area contributed by atoms with Crippen molar-refractivity contribution in [2.45, 2.75) is 32.2 Å². The Bertz CT molecular complexity index is 415. The summed E-state index contributed by atoms with van der Waals surface area (Å²) < 4.78 is 10.1. The number of ether oxygens (including phenoxy) is 2. The summed E-state index contributed by atoms with van der Waals surface area (Å²) in [5.74, 6) is -1.36. The highest BCUT2D eigenvalue weighted by molar-refractivity contribution is 5.80. The highest BCUT2D eigenvalue weighted by Gasteiger charge is 2.27. The van der Waals surface area contributed by atoms with E-state index in [9.17, 15) is 14.4 Å². The number of carboxylic acids is 1. The number of aliphatic carboxylic acids is 1. The molecule has 0 aromatic heterocycles. The van der Waals surface area contributed by atoms with E-state index in [1.54, 1.807) is 12.0 Å². The first-order chi connectivity index (χ1) is 11.0. The second-order valence-corrected chi connectivity index (χ2v) is 5.55. The molecule has 1 aliphatic heterocycles. The number of nitrogens with zero attached hydrogens (tertiary/aromatic N) is 2. The molecule has 1 atom stereocenters. The number of rotatable bonds is 8. The fourth-order valence-corrected chi connectivity index (χ4v) is 2.68. The number of likely N-dealkylation sites (tertiary alicyclic amines) is 1. The standard InChI is InChI=1S/C15H26N2O6/c1-12(18)17(10-15(20)21)13-4-3-6-16(7-5-13)14(19)11-23-9-8-22-2/h13H,3-11H2,1-2H3,(H,20,21). The summed E-state index contributed by atoms with van der Waals surface area (Å²) in [4.78, 5) is 37.7. The monoisotopic (exact) mass is 330 g/mol. The molecule has 1 aliphatic rings. The molecule has 1 fully saturated rings. The van der Waals surface area contributed by atoms with E-state index in [4.69, 9.17) is 14.6 Å². The summed E-state index contributed by atoms with van der Waals surface area (Å²) in [7, 11) is 1.57. The Balaban J connectivity index is 2.49. The molecule has 2 amide bonds. The number of carbonyl (C=O) groups excluding carboxylic acids is 2. The summed E-state index contributed by atoms with van der Waals surface area (Å²) >= 11 is 0. The van der Waals surface area contributed by atoms with Crippen LogP contribution in [0.1, 0.15) is 26.2 Å². The minimum absolute atomic E-state index is 0.0135. The summed E-state index contributed by atoms with van der Waals surface area (Å²) in [6, 6.07) is -0.143. The van der Waals surface area contributed by atoms with E-state index < -0.39 is 5.97 Å². The van der Waals surface area contributed by atoms with Gasteiger partial charge in [-0.15, -0.1) is 0 Å². The molecule has 23 heavy (non-hydrogen) atoms. The molecule has 8 heteroatoms. The van der Waals surface area contributed by atoms with Gasteiger partial charge in [-0.1, -0.05) is 0 Å². The minimum Gasteiger partial charge on any atom is -0.480 e. The van der Waals surface area contributed by atoms with Crippen molar-refractivity contribution < 1.29 is 29.0 Å². The summed E-state index contributed by atoms with van der Waals surface area (Å²) in [5, 5.41) is 8.93. The Morgan fingerprint density at radius 2 is 1.96 bits per heavy atom. The molecule has 1 rings (SSSR count).